The highest BCUT2D eigenvalue weighted by Gasteiger charge is 2.26. The number of H-pyrrole nitrogens is 1. The summed E-state index contributed by atoms with van der Waals surface area (Å²) >= 11 is 1.23. The fraction of sp³-hybridized carbons (Fsp3) is 0.636. The van der Waals surface area contributed by atoms with Gasteiger partial charge in [-0.15, -0.1) is 0 Å². The number of nitrogens with one attached hydrogen (secondary N) is 1. The highest BCUT2D eigenvalue weighted by molar-refractivity contribution is 7.09. The molecule has 0 unspecified atom stereocenters. The molecule has 1 aromatic rings. The van der Waals surface area contributed by atoms with E-state index in [-0.39, 0.29) is 11.0 Å². The number of aromatic nitrogens is 1. The third-order valence-electron chi connectivity index (χ3n) is 2.41. The molecular weight excluding hydrogens is 240 g/mol. The number of hydrogen-bond donors (Lipinski definition) is 1. The molecule has 2 rings (SSSR count). The summed E-state index contributed by atoms with van der Waals surface area (Å²) in [6.07, 6.45) is 0.396. The SMILES string of the molecule is CC(C)(C)OC(=O)N1CCc2sc(=O)[nH]c2C1. The van der Waals surface area contributed by atoms with Crippen molar-refractivity contribution in [2.75, 3.05) is 6.54 Å². The number of carbonyl (C=O) groups excluding carboxylic acids is 1. The van der Waals surface area contributed by atoms with Crippen molar-refractivity contribution >= 4 is 17.4 Å². The Balaban J connectivity index is 2.07. The molecule has 1 aliphatic rings. The third kappa shape index (κ3) is 2.88. The molecule has 0 saturated carbocycles. The molecule has 94 valence electrons. The highest BCUT2D eigenvalue weighted by atomic mass is 32.1. The summed E-state index contributed by atoms with van der Waals surface area (Å²) in [5.41, 5.74) is 0.358. The first-order chi connectivity index (χ1) is 7.85. The smallest absolute Gasteiger partial charge is 0.410 e. The molecule has 1 aromatic heterocycles. The molecule has 0 atom stereocenters. The lowest BCUT2D eigenvalue weighted by molar-refractivity contribution is 0.0222. The van der Waals surface area contributed by atoms with Gasteiger partial charge in [0.2, 0.25) is 0 Å². The quantitative estimate of drug-likeness (QED) is 0.769. The van der Waals surface area contributed by atoms with E-state index in [4.69, 9.17) is 4.74 Å². The van der Waals surface area contributed by atoms with Gasteiger partial charge in [-0.25, -0.2) is 4.79 Å². The fourth-order valence-corrected chi connectivity index (χ4v) is 2.54. The lowest BCUT2D eigenvalue weighted by Gasteiger charge is -2.29. The molecule has 1 aliphatic heterocycles. The Morgan fingerprint density at radius 2 is 2.18 bits per heavy atom. The third-order valence-corrected chi connectivity index (χ3v) is 3.40. The van der Waals surface area contributed by atoms with E-state index in [0.29, 0.717) is 13.1 Å². The summed E-state index contributed by atoms with van der Waals surface area (Å²) in [6, 6.07) is 0. The highest BCUT2D eigenvalue weighted by Crippen LogP contribution is 2.20. The van der Waals surface area contributed by atoms with Crippen LogP contribution in [-0.2, 0) is 17.7 Å². The second-order valence-electron chi connectivity index (χ2n) is 5.07. The van der Waals surface area contributed by atoms with Crippen LogP contribution in [0, 0.1) is 0 Å². The van der Waals surface area contributed by atoms with Crippen molar-refractivity contribution in [1.29, 1.82) is 0 Å². The molecular formula is C11H16N2O3S. The van der Waals surface area contributed by atoms with E-state index in [1.165, 1.54) is 11.3 Å². The van der Waals surface area contributed by atoms with Gasteiger partial charge in [-0.05, 0) is 20.8 Å². The van der Waals surface area contributed by atoms with Crippen molar-refractivity contribution in [3.63, 3.8) is 0 Å². The second-order valence-corrected chi connectivity index (χ2v) is 6.14. The molecule has 1 amide bonds. The van der Waals surface area contributed by atoms with E-state index in [1.54, 1.807) is 4.90 Å². The van der Waals surface area contributed by atoms with Crippen molar-refractivity contribution in [3.05, 3.63) is 20.2 Å². The van der Waals surface area contributed by atoms with Gasteiger partial charge in [0, 0.05) is 17.8 Å². The van der Waals surface area contributed by atoms with Gasteiger partial charge >= 0.3 is 11.0 Å². The van der Waals surface area contributed by atoms with E-state index in [0.717, 1.165) is 17.0 Å². The van der Waals surface area contributed by atoms with Crippen molar-refractivity contribution in [2.24, 2.45) is 0 Å². The average Bonchev–Trinajstić information content (AvgIpc) is 2.53. The van der Waals surface area contributed by atoms with Crippen molar-refractivity contribution in [3.8, 4) is 0 Å². The fourth-order valence-electron chi connectivity index (χ4n) is 1.71. The molecule has 0 saturated heterocycles. The van der Waals surface area contributed by atoms with Gasteiger partial charge in [0.1, 0.15) is 5.60 Å². The van der Waals surface area contributed by atoms with Crippen LogP contribution in [0.2, 0.25) is 0 Å². The lowest BCUT2D eigenvalue weighted by Crippen LogP contribution is -2.39. The molecule has 0 fully saturated rings. The van der Waals surface area contributed by atoms with Crippen LogP contribution in [0.1, 0.15) is 31.3 Å². The molecule has 0 aliphatic carbocycles. The number of hydrogen-bond acceptors (Lipinski definition) is 4. The van der Waals surface area contributed by atoms with Crippen LogP contribution in [-0.4, -0.2) is 28.1 Å². The lowest BCUT2D eigenvalue weighted by atomic mass is 10.2. The first-order valence-corrected chi connectivity index (χ1v) is 6.35. The number of carbonyl (C=O) groups is 1. The Labute approximate surface area is 103 Å². The number of aromatic amines is 1. The topological polar surface area (TPSA) is 62.4 Å². The Bertz CT molecular complexity index is 484. The summed E-state index contributed by atoms with van der Waals surface area (Å²) in [6.45, 7) is 6.56. The zero-order valence-corrected chi connectivity index (χ0v) is 11.0. The van der Waals surface area contributed by atoms with E-state index < -0.39 is 5.60 Å². The maximum absolute atomic E-state index is 11.8. The Kier molecular flexibility index (Phi) is 2.99. The minimum Gasteiger partial charge on any atom is -0.444 e. The standard InChI is InChI=1S/C11H16N2O3S/c1-11(2,3)16-10(15)13-5-4-8-7(6-13)12-9(14)17-8/h4-6H2,1-3H3,(H,12,14). The first-order valence-electron chi connectivity index (χ1n) is 5.54. The van der Waals surface area contributed by atoms with Gasteiger partial charge in [0.15, 0.2) is 0 Å². The minimum atomic E-state index is -0.487. The normalized spacial score (nSPS) is 15.6. The molecule has 1 N–H and O–H groups in total. The largest absolute Gasteiger partial charge is 0.444 e. The number of nitrogens with zero attached hydrogens (tertiary/aromatic N) is 1. The summed E-state index contributed by atoms with van der Waals surface area (Å²) < 4.78 is 5.30. The van der Waals surface area contributed by atoms with Crippen molar-refractivity contribution < 1.29 is 9.53 Å². The van der Waals surface area contributed by atoms with Gasteiger partial charge in [0.25, 0.3) is 0 Å². The molecule has 5 nitrogen and oxygen atoms in total. The molecule has 6 heteroatoms. The molecule has 0 radical (unpaired) electrons. The van der Waals surface area contributed by atoms with Crippen LogP contribution < -0.4 is 4.87 Å². The molecule has 0 spiro atoms. The van der Waals surface area contributed by atoms with E-state index >= 15 is 0 Å². The zero-order valence-electron chi connectivity index (χ0n) is 10.2. The van der Waals surface area contributed by atoms with Crippen molar-refractivity contribution in [2.45, 2.75) is 39.3 Å². The predicted molar refractivity (Wildman–Crippen MR) is 65.3 cm³/mol. The van der Waals surface area contributed by atoms with E-state index in [9.17, 15) is 9.59 Å². The predicted octanol–water partition coefficient (Wildman–Crippen LogP) is 1.73. The van der Waals surface area contributed by atoms with Crippen LogP contribution in [0.25, 0.3) is 0 Å². The van der Waals surface area contributed by atoms with Gasteiger partial charge < -0.3 is 14.6 Å². The van der Waals surface area contributed by atoms with E-state index in [1.807, 2.05) is 20.8 Å². The van der Waals surface area contributed by atoms with Crippen molar-refractivity contribution in [1.82, 2.24) is 9.88 Å². The maximum atomic E-state index is 11.8. The van der Waals surface area contributed by atoms with Crippen LogP contribution >= 0.6 is 11.3 Å². The van der Waals surface area contributed by atoms with Gasteiger partial charge in [-0.1, -0.05) is 11.3 Å². The average molecular weight is 256 g/mol. The molecule has 2 heterocycles. The molecule has 0 bridgehead atoms. The van der Waals surface area contributed by atoms with Crippen LogP contribution in [0.3, 0.4) is 0 Å². The zero-order chi connectivity index (χ0) is 12.6. The number of thiazole rings is 1. The minimum absolute atomic E-state index is 0.0546. The molecule has 17 heavy (non-hydrogen) atoms. The van der Waals surface area contributed by atoms with Crippen LogP contribution in [0.15, 0.2) is 4.79 Å². The van der Waals surface area contributed by atoms with E-state index in [2.05, 4.69) is 4.98 Å². The summed E-state index contributed by atoms with van der Waals surface area (Å²) in [5, 5.41) is 0. The Hall–Kier alpha value is -1.30. The first kappa shape index (κ1) is 12.2. The number of ether oxygens (including phenoxy) is 1. The number of fused-ring (bicyclic) bond motifs is 1. The van der Waals surface area contributed by atoms with Gasteiger partial charge in [0.05, 0.1) is 12.2 Å². The van der Waals surface area contributed by atoms with Gasteiger partial charge in [-0.2, -0.15) is 0 Å². The maximum Gasteiger partial charge on any atom is 0.410 e. The second kappa shape index (κ2) is 4.18. The monoisotopic (exact) mass is 256 g/mol. The number of rotatable bonds is 0. The molecule has 0 aromatic carbocycles. The summed E-state index contributed by atoms with van der Waals surface area (Å²) in [7, 11) is 0. The Morgan fingerprint density at radius 3 is 2.82 bits per heavy atom. The van der Waals surface area contributed by atoms with Crippen LogP contribution in [0.4, 0.5) is 4.79 Å². The van der Waals surface area contributed by atoms with Gasteiger partial charge in [-0.3, -0.25) is 4.79 Å². The Morgan fingerprint density at radius 1 is 1.47 bits per heavy atom. The van der Waals surface area contributed by atoms with Crippen LogP contribution in [0.5, 0.6) is 0 Å². The summed E-state index contributed by atoms with van der Waals surface area (Å²) in [5.74, 6) is 0. The number of amides is 1. The summed E-state index contributed by atoms with van der Waals surface area (Å²) in [4.78, 5) is 28.4.